The van der Waals surface area contributed by atoms with Crippen LogP contribution in [0.3, 0.4) is 0 Å². The van der Waals surface area contributed by atoms with Gasteiger partial charge in [0.2, 0.25) is 5.78 Å². The molecule has 0 unspecified atom stereocenters. The topological polar surface area (TPSA) is 168 Å². The van der Waals surface area contributed by atoms with Crippen molar-refractivity contribution in [3.8, 4) is 5.75 Å². The lowest BCUT2D eigenvalue weighted by molar-refractivity contribution is -0.148. The number of aliphatic hydroxyl groups excluding tert-OH is 2. The summed E-state index contributed by atoms with van der Waals surface area (Å²) in [7, 11) is 3.19. The van der Waals surface area contributed by atoms with E-state index >= 15 is 0 Å². The van der Waals surface area contributed by atoms with Crippen molar-refractivity contribution in [1.82, 2.24) is 9.80 Å². The Hall–Kier alpha value is -4.26. The van der Waals surface area contributed by atoms with Crippen LogP contribution in [0.2, 0.25) is 0 Å². The number of rotatable bonds is 5. The van der Waals surface area contributed by atoms with Crippen LogP contribution in [0.5, 0.6) is 5.75 Å². The second-order valence-electron chi connectivity index (χ2n) is 12.3. The number of phenols is 1. The third-order valence-corrected chi connectivity index (χ3v) is 9.66. The number of aromatic hydroxyl groups is 1. The van der Waals surface area contributed by atoms with E-state index in [1.165, 1.54) is 23.1 Å². The smallest absolute Gasteiger partial charge is 0.255 e. The Morgan fingerprint density at radius 1 is 1.05 bits per heavy atom. The normalized spacial score (nSPS) is 27.4. The molecule has 1 amide bonds. The summed E-state index contributed by atoms with van der Waals surface area (Å²) in [5, 5.41) is 45.0. The summed E-state index contributed by atoms with van der Waals surface area (Å²) < 4.78 is 13.4. The number of piperazine rings is 1. The minimum absolute atomic E-state index is 0.00762. The molecule has 232 valence electrons. The molecule has 44 heavy (non-hydrogen) atoms. The molecule has 2 aromatic rings. The van der Waals surface area contributed by atoms with Crippen LogP contribution in [-0.2, 0) is 22.6 Å². The van der Waals surface area contributed by atoms with Gasteiger partial charge < -0.3 is 31.1 Å². The van der Waals surface area contributed by atoms with Gasteiger partial charge in [0, 0.05) is 49.9 Å². The number of benzene rings is 2. The molecular weight excluding hydrogens is 571 g/mol. The van der Waals surface area contributed by atoms with Crippen LogP contribution in [0.1, 0.15) is 27.9 Å². The summed E-state index contributed by atoms with van der Waals surface area (Å²) in [5.74, 6) is -6.96. The molecule has 1 saturated heterocycles. The van der Waals surface area contributed by atoms with Crippen LogP contribution >= 0.6 is 0 Å². The highest BCUT2D eigenvalue weighted by atomic mass is 19.1. The Morgan fingerprint density at radius 3 is 2.32 bits per heavy atom. The molecule has 3 aliphatic carbocycles. The second-order valence-corrected chi connectivity index (χ2v) is 12.3. The number of aliphatic hydroxyl groups is 3. The Morgan fingerprint density at radius 2 is 1.70 bits per heavy atom. The maximum Gasteiger partial charge on any atom is 0.255 e. The molecule has 6 rings (SSSR count). The van der Waals surface area contributed by atoms with E-state index in [4.69, 9.17) is 5.73 Å². The van der Waals surface area contributed by atoms with Gasteiger partial charge in [0.1, 0.15) is 28.7 Å². The van der Waals surface area contributed by atoms with Gasteiger partial charge in [-0.2, -0.15) is 0 Å². The Kier molecular flexibility index (Phi) is 7.26. The molecule has 2 aromatic carbocycles. The van der Waals surface area contributed by atoms with E-state index in [1.54, 1.807) is 32.3 Å². The second kappa shape index (κ2) is 10.7. The largest absolute Gasteiger partial charge is 0.510 e. The fourth-order valence-electron chi connectivity index (χ4n) is 7.52. The van der Waals surface area contributed by atoms with Crippen molar-refractivity contribution in [1.29, 1.82) is 0 Å². The number of carbonyl (C=O) groups is 3. The molecule has 6 N–H and O–H groups in total. The first-order valence-electron chi connectivity index (χ1n) is 14.6. The molecule has 0 spiro atoms. The highest BCUT2D eigenvalue weighted by Gasteiger charge is 2.63. The molecule has 1 aliphatic heterocycles. The standard InChI is InChI=1S/C32H35FN4O7/c1-35(2)26-21-14-17-13-20-16(15-36-9-11-37(12-10-36)19-6-4-18(33)5-7-19)3-8-22(38)24(20)27(39)23(17)29(41)32(21,44)30(42)25(28(26)40)31(34)43/h3-8,17,21,26,38,40-41,44H,9-15H2,1-2H3,(H2,34,43)/t17-,21-,26-,32-/m0/s1. The van der Waals surface area contributed by atoms with Gasteiger partial charge in [-0.25, -0.2) is 4.39 Å². The van der Waals surface area contributed by atoms with Gasteiger partial charge in [-0.15, -0.1) is 0 Å². The average Bonchev–Trinajstić information content (AvgIpc) is 2.97. The zero-order valence-electron chi connectivity index (χ0n) is 24.5. The summed E-state index contributed by atoms with van der Waals surface area (Å²) in [6, 6.07) is 8.55. The molecule has 1 fully saturated rings. The molecule has 4 atom stereocenters. The number of likely N-dealkylation sites (N-methyl/N-ethyl adjacent to an activating group) is 1. The number of ketones is 2. The number of fused-ring (bicyclic) bond motifs is 3. The number of amides is 1. The van der Waals surface area contributed by atoms with Gasteiger partial charge in [-0.1, -0.05) is 6.07 Å². The molecule has 12 heteroatoms. The van der Waals surface area contributed by atoms with Crippen LogP contribution in [0, 0.1) is 17.7 Å². The van der Waals surface area contributed by atoms with Gasteiger partial charge in [0.25, 0.3) is 5.91 Å². The molecule has 0 aromatic heterocycles. The van der Waals surface area contributed by atoms with Gasteiger partial charge in [-0.3, -0.25) is 24.2 Å². The number of phenolic OH excluding ortho intramolecular Hbond substituents is 1. The summed E-state index contributed by atoms with van der Waals surface area (Å²) >= 11 is 0. The van der Waals surface area contributed by atoms with Crippen molar-refractivity contribution in [2.24, 2.45) is 17.6 Å². The van der Waals surface area contributed by atoms with Crippen molar-refractivity contribution >= 4 is 23.2 Å². The first-order valence-corrected chi connectivity index (χ1v) is 14.6. The molecule has 11 nitrogen and oxygen atoms in total. The number of primary amides is 1. The Balaban J connectivity index is 1.32. The van der Waals surface area contributed by atoms with Crippen LogP contribution < -0.4 is 10.6 Å². The number of hydrogen-bond acceptors (Lipinski definition) is 10. The molecule has 1 heterocycles. The summed E-state index contributed by atoms with van der Waals surface area (Å²) in [6.45, 7) is 3.37. The third-order valence-electron chi connectivity index (χ3n) is 9.66. The van der Waals surface area contributed by atoms with Crippen LogP contribution in [-0.4, -0.2) is 99.6 Å². The lowest BCUT2D eigenvalue weighted by Crippen LogP contribution is -2.63. The predicted molar refractivity (Wildman–Crippen MR) is 158 cm³/mol. The molecule has 0 radical (unpaired) electrons. The minimum Gasteiger partial charge on any atom is -0.510 e. The number of anilines is 1. The number of allylic oxidation sites excluding steroid dienone is 1. The van der Waals surface area contributed by atoms with E-state index in [9.17, 15) is 39.2 Å². The number of carbonyl (C=O) groups excluding carboxylic acids is 3. The predicted octanol–water partition coefficient (Wildman–Crippen LogP) is 1.58. The molecule has 4 aliphatic rings. The maximum absolute atomic E-state index is 14.0. The van der Waals surface area contributed by atoms with Crippen molar-refractivity contribution in [3.63, 3.8) is 0 Å². The van der Waals surface area contributed by atoms with Crippen molar-refractivity contribution in [2.45, 2.75) is 31.0 Å². The number of nitrogens with two attached hydrogens (primary N) is 1. The van der Waals surface area contributed by atoms with Crippen molar-refractivity contribution in [2.75, 3.05) is 45.2 Å². The molecule has 0 saturated carbocycles. The zero-order chi connectivity index (χ0) is 31.7. The third kappa shape index (κ3) is 4.47. The van der Waals surface area contributed by atoms with Gasteiger partial charge in [0.05, 0.1) is 11.6 Å². The van der Waals surface area contributed by atoms with Crippen molar-refractivity contribution in [3.05, 3.63) is 81.6 Å². The Bertz CT molecular complexity index is 1630. The van der Waals surface area contributed by atoms with E-state index in [2.05, 4.69) is 9.80 Å². The number of halogens is 1. The minimum atomic E-state index is -2.66. The first kappa shape index (κ1) is 29.8. The van der Waals surface area contributed by atoms with E-state index in [0.717, 1.165) is 24.3 Å². The van der Waals surface area contributed by atoms with Crippen molar-refractivity contribution < 1.29 is 39.2 Å². The average molecular weight is 607 g/mol. The number of Topliss-reactive ketones (excluding diaryl/α,β-unsaturated/α-hetero) is 2. The highest BCUT2D eigenvalue weighted by Crippen LogP contribution is 2.52. The monoisotopic (exact) mass is 606 g/mol. The quantitative estimate of drug-likeness (QED) is 0.315. The summed E-state index contributed by atoms with van der Waals surface area (Å²) in [4.78, 5) is 45.5. The zero-order valence-corrected chi connectivity index (χ0v) is 24.5. The van der Waals surface area contributed by atoms with Gasteiger partial charge >= 0.3 is 0 Å². The lowest BCUT2D eigenvalue weighted by Gasteiger charge is -2.50. The van der Waals surface area contributed by atoms with E-state index in [1.807, 2.05) is 0 Å². The number of hydrogen-bond donors (Lipinski definition) is 5. The molecule has 0 bridgehead atoms. The maximum atomic E-state index is 14.0. The first-order chi connectivity index (χ1) is 20.8. The van der Waals surface area contributed by atoms with Gasteiger partial charge in [0.15, 0.2) is 11.4 Å². The van der Waals surface area contributed by atoms with Crippen LogP contribution in [0.15, 0.2) is 59.1 Å². The van der Waals surface area contributed by atoms with Crippen LogP contribution in [0.4, 0.5) is 10.1 Å². The number of nitrogens with zero attached hydrogens (tertiary/aromatic N) is 3. The molecular formula is C32H35FN4O7. The lowest BCUT2D eigenvalue weighted by atomic mass is 9.58. The summed E-state index contributed by atoms with van der Waals surface area (Å²) in [5.41, 5.74) is 4.13. The highest BCUT2D eigenvalue weighted by molar-refractivity contribution is 6.24. The van der Waals surface area contributed by atoms with Gasteiger partial charge in [-0.05, 0) is 74.3 Å². The van der Waals surface area contributed by atoms with E-state index in [0.29, 0.717) is 25.2 Å². The SMILES string of the molecule is CN(C)[C@@H]1C(O)=C(C(N)=O)C(=O)[C@@]2(O)C(O)=C3C(=O)c4c(O)ccc(CN5CCN(c6ccc(F)cc6)CC5)c4C[C@H]3C[C@@H]12. The van der Waals surface area contributed by atoms with E-state index in [-0.39, 0.29) is 35.5 Å². The fraction of sp³-hybridized carbons (Fsp3) is 0.406. The Labute approximate surface area is 253 Å². The van der Waals surface area contributed by atoms with Crippen LogP contribution in [0.25, 0.3) is 0 Å². The fourth-order valence-corrected chi connectivity index (χ4v) is 7.52. The summed E-state index contributed by atoms with van der Waals surface area (Å²) in [6.07, 6.45) is 0.283. The van der Waals surface area contributed by atoms with E-state index < -0.39 is 58.0 Å².